The Bertz CT molecular complexity index is 1340. The Balaban J connectivity index is 1.39. The molecule has 5 rings (SSSR count). The SMILES string of the molecule is CCOc1ccc2ccccc2c1C(=O)N1CCc2nc(NC(=O)c3ccccn3)sc2C1. The summed E-state index contributed by atoms with van der Waals surface area (Å²) in [5, 5.41) is 5.22. The van der Waals surface area contributed by atoms with E-state index in [1.165, 1.54) is 11.3 Å². The maximum absolute atomic E-state index is 13.6. The minimum atomic E-state index is -0.299. The molecule has 3 heterocycles. The van der Waals surface area contributed by atoms with Gasteiger partial charge in [0.1, 0.15) is 11.4 Å². The number of pyridine rings is 1. The third-order valence-corrected chi connectivity index (χ3v) is 6.54. The number of amides is 2. The Morgan fingerprint density at radius 3 is 2.79 bits per heavy atom. The molecule has 1 aliphatic heterocycles. The summed E-state index contributed by atoms with van der Waals surface area (Å²) < 4.78 is 5.81. The van der Waals surface area contributed by atoms with Crippen molar-refractivity contribution in [3.8, 4) is 5.75 Å². The van der Waals surface area contributed by atoms with Gasteiger partial charge in [0, 0.05) is 24.0 Å². The van der Waals surface area contributed by atoms with E-state index < -0.39 is 0 Å². The number of anilines is 1. The second-order valence-electron chi connectivity index (χ2n) is 7.63. The number of carbonyl (C=O) groups is 2. The van der Waals surface area contributed by atoms with E-state index in [1.54, 1.807) is 24.4 Å². The minimum Gasteiger partial charge on any atom is -0.493 e. The van der Waals surface area contributed by atoms with Gasteiger partial charge in [-0.2, -0.15) is 0 Å². The smallest absolute Gasteiger partial charge is 0.276 e. The monoisotopic (exact) mass is 458 g/mol. The van der Waals surface area contributed by atoms with Crippen LogP contribution in [0.2, 0.25) is 0 Å². The Morgan fingerprint density at radius 1 is 1.12 bits per heavy atom. The number of rotatable bonds is 5. The van der Waals surface area contributed by atoms with Crippen LogP contribution in [0.3, 0.4) is 0 Å². The van der Waals surface area contributed by atoms with E-state index in [2.05, 4.69) is 15.3 Å². The van der Waals surface area contributed by atoms with E-state index in [0.29, 0.717) is 48.3 Å². The number of aromatic nitrogens is 2. The zero-order chi connectivity index (χ0) is 22.8. The van der Waals surface area contributed by atoms with Crippen LogP contribution in [-0.2, 0) is 13.0 Å². The summed E-state index contributed by atoms with van der Waals surface area (Å²) in [6.45, 7) is 3.39. The number of nitrogens with zero attached hydrogens (tertiary/aromatic N) is 3. The number of hydrogen-bond acceptors (Lipinski definition) is 6. The van der Waals surface area contributed by atoms with Gasteiger partial charge in [-0.1, -0.05) is 47.7 Å². The van der Waals surface area contributed by atoms with Crippen LogP contribution >= 0.6 is 11.3 Å². The lowest BCUT2D eigenvalue weighted by Crippen LogP contribution is -2.35. The molecule has 1 aliphatic rings. The molecular formula is C25H22N4O3S. The molecule has 7 nitrogen and oxygen atoms in total. The van der Waals surface area contributed by atoms with Crippen molar-refractivity contribution in [3.05, 3.63) is 82.6 Å². The average molecular weight is 459 g/mol. The molecule has 0 aliphatic carbocycles. The summed E-state index contributed by atoms with van der Waals surface area (Å²) >= 11 is 1.40. The van der Waals surface area contributed by atoms with Gasteiger partial charge in [0.05, 0.1) is 24.4 Å². The maximum Gasteiger partial charge on any atom is 0.276 e. The molecule has 8 heteroatoms. The van der Waals surface area contributed by atoms with Gasteiger partial charge < -0.3 is 9.64 Å². The van der Waals surface area contributed by atoms with Gasteiger partial charge in [0.25, 0.3) is 11.8 Å². The zero-order valence-electron chi connectivity index (χ0n) is 18.1. The molecule has 0 saturated carbocycles. The highest BCUT2D eigenvalue weighted by Crippen LogP contribution is 2.33. The molecule has 0 saturated heterocycles. The average Bonchev–Trinajstić information content (AvgIpc) is 3.25. The number of fused-ring (bicyclic) bond motifs is 2. The summed E-state index contributed by atoms with van der Waals surface area (Å²) in [6, 6.07) is 16.9. The first-order valence-corrected chi connectivity index (χ1v) is 11.6. The molecule has 0 unspecified atom stereocenters. The zero-order valence-corrected chi connectivity index (χ0v) is 18.9. The highest BCUT2D eigenvalue weighted by atomic mass is 32.1. The lowest BCUT2D eigenvalue weighted by molar-refractivity contribution is 0.0734. The van der Waals surface area contributed by atoms with Crippen molar-refractivity contribution in [1.82, 2.24) is 14.9 Å². The van der Waals surface area contributed by atoms with Crippen LogP contribution in [0, 0.1) is 0 Å². The molecule has 2 aromatic carbocycles. The molecule has 166 valence electrons. The summed E-state index contributed by atoms with van der Waals surface area (Å²) in [6.07, 6.45) is 2.21. The van der Waals surface area contributed by atoms with Crippen molar-refractivity contribution < 1.29 is 14.3 Å². The van der Waals surface area contributed by atoms with Crippen LogP contribution in [0.1, 0.15) is 38.3 Å². The molecule has 0 fully saturated rings. The van der Waals surface area contributed by atoms with Gasteiger partial charge in [0.15, 0.2) is 5.13 Å². The highest BCUT2D eigenvalue weighted by Gasteiger charge is 2.28. The van der Waals surface area contributed by atoms with Crippen molar-refractivity contribution >= 4 is 39.1 Å². The summed E-state index contributed by atoms with van der Waals surface area (Å²) in [7, 11) is 0. The van der Waals surface area contributed by atoms with E-state index in [1.807, 2.05) is 48.2 Å². The Kier molecular flexibility index (Phi) is 5.75. The van der Waals surface area contributed by atoms with Crippen molar-refractivity contribution in [3.63, 3.8) is 0 Å². The third kappa shape index (κ3) is 4.17. The molecule has 2 amide bonds. The lowest BCUT2D eigenvalue weighted by Gasteiger charge is -2.27. The number of carbonyl (C=O) groups excluding carboxylic acids is 2. The Morgan fingerprint density at radius 2 is 1.97 bits per heavy atom. The molecule has 0 radical (unpaired) electrons. The second-order valence-corrected chi connectivity index (χ2v) is 8.71. The number of benzene rings is 2. The van der Waals surface area contributed by atoms with Crippen LogP contribution in [-0.4, -0.2) is 39.8 Å². The van der Waals surface area contributed by atoms with Crippen LogP contribution in [0.15, 0.2) is 60.8 Å². The van der Waals surface area contributed by atoms with E-state index >= 15 is 0 Å². The number of thiazole rings is 1. The fourth-order valence-electron chi connectivity index (χ4n) is 3.99. The molecular weight excluding hydrogens is 436 g/mol. The topological polar surface area (TPSA) is 84.4 Å². The van der Waals surface area contributed by atoms with Crippen LogP contribution in [0.4, 0.5) is 5.13 Å². The first-order chi connectivity index (χ1) is 16.1. The third-order valence-electron chi connectivity index (χ3n) is 5.54. The van der Waals surface area contributed by atoms with Crippen molar-refractivity contribution in [2.24, 2.45) is 0 Å². The van der Waals surface area contributed by atoms with Crippen LogP contribution in [0.5, 0.6) is 5.75 Å². The lowest BCUT2D eigenvalue weighted by atomic mass is 10.0. The van der Waals surface area contributed by atoms with E-state index in [0.717, 1.165) is 21.3 Å². The fourth-order valence-corrected chi connectivity index (χ4v) is 5.01. The van der Waals surface area contributed by atoms with E-state index in [9.17, 15) is 9.59 Å². The van der Waals surface area contributed by atoms with Crippen molar-refractivity contribution in [2.45, 2.75) is 19.9 Å². The first-order valence-electron chi connectivity index (χ1n) is 10.8. The standard InChI is InChI=1S/C25H22N4O3S/c1-2-32-20-11-10-16-7-3-4-8-17(16)22(20)24(31)29-14-12-18-21(15-29)33-25(27-18)28-23(30)19-9-5-6-13-26-19/h3-11,13H,2,12,14-15H2,1H3,(H,27,28,30). The highest BCUT2D eigenvalue weighted by molar-refractivity contribution is 7.15. The number of hydrogen-bond donors (Lipinski definition) is 1. The molecule has 0 atom stereocenters. The molecule has 2 aromatic heterocycles. The van der Waals surface area contributed by atoms with Crippen LogP contribution in [0.25, 0.3) is 10.8 Å². The van der Waals surface area contributed by atoms with Gasteiger partial charge in [-0.3, -0.25) is 19.9 Å². The second kappa shape index (κ2) is 8.99. The molecule has 0 bridgehead atoms. The Labute approximate surface area is 195 Å². The minimum absolute atomic E-state index is 0.0617. The van der Waals surface area contributed by atoms with Gasteiger partial charge in [-0.15, -0.1) is 0 Å². The quantitative estimate of drug-likeness (QED) is 0.475. The molecule has 33 heavy (non-hydrogen) atoms. The van der Waals surface area contributed by atoms with Gasteiger partial charge in [-0.25, -0.2) is 4.98 Å². The molecule has 1 N–H and O–H groups in total. The summed E-state index contributed by atoms with van der Waals surface area (Å²) in [5.74, 6) is 0.236. The first kappa shape index (κ1) is 21.1. The van der Waals surface area contributed by atoms with Crippen molar-refractivity contribution in [1.29, 1.82) is 0 Å². The molecule has 0 spiro atoms. The van der Waals surface area contributed by atoms with Crippen molar-refractivity contribution in [2.75, 3.05) is 18.5 Å². The van der Waals surface area contributed by atoms with Gasteiger partial charge in [-0.05, 0) is 35.9 Å². The summed E-state index contributed by atoms with van der Waals surface area (Å²) in [5.41, 5.74) is 1.84. The van der Waals surface area contributed by atoms with Gasteiger partial charge in [0.2, 0.25) is 0 Å². The maximum atomic E-state index is 13.6. The largest absolute Gasteiger partial charge is 0.493 e. The Hall–Kier alpha value is -3.78. The van der Waals surface area contributed by atoms with Gasteiger partial charge >= 0.3 is 0 Å². The van der Waals surface area contributed by atoms with E-state index in [-0.39, 0.29) is 11.8 Å². The predicted molar refractivity (Wildman–Crippen MR) is 128 cm³/mol. The number of nitrogens with one attached hydrogen (secondary N) is 1. The van der Waals surface area contributed by atoms with E-state index in [4.69, 9.17) is 4.74 Å². The molecule has 4 aromatic rings. The predicted octanol–water partition coefficient (Wildman–Crippen LogP) is 4.54. The normalized spacial score (nSPS) is 12.9. The summed E-state index contributed by atoms with van der Waals surface area (Å²) in [4.78, 5) is 37.5. The van der Waals surface area contributed by atoms with Crippen LogP contribution < -0.4 is 10.1 Å². The fraction of sp³-hybridized carbons (Fsp3) is 0.200. The number of ether oxygens (including phenoxy) is 1.